The number of nitrogens with one attached hydrogen (secondary N) is 1. The fraction of sp³-hybridized carbons (Fsp3) is 0.214. The zero-order valence-corrected chi connectivity index (χ0v) is 11.5. The molecule has 1 atom stereocenters. The summed E-state index contributed by atoms with van der Waals surface area (Å²) in [6.07, 6.45) is 0. The highest BCUT2D eigenvalue weighted by molar-refractivity contribution is 7.10. The molecule has 0 bridgehead atoms. The van der Waals surface area contributed by atoms with Crippen LogP contribution in [0.5, 0.6) is 5.75 Å². The molecule has 5 heteroatoms. The van der Waals surface area contributed by atoms with Crippen molar-refractivity contribution in [3.8, 4) is 5.75 Å². The lowest BCUT2D eigenvalue weighted by molar-refractivity contribution is 0.0940. The third kappa shape index (κ3) is 3.12. The zero-order valence-electron chi connectivity index (χ0n) is 10.6. The molecule has 1 amide bonds. The summed E-state index contributed by atoms with van der Waals surface area (Å²) < 4.78 is 18.3. The minimum atomic E-state index is -0.543. The normalized spacial score (nSPS) is 11.9. The van der Waals surface area contributed by atoms with E-state index >= 15 is 0 Å². The largest absolute Gasteiger partial charge is 0.494 e. The van der Waals surface area contributed by atoms with Gasteiger partial charge in [-0.05, 0) is 36.6 Å². The van der Waals surface area contributed by atoms with E-state index in [1.807, 2.05) is 24.4 Å². The fourth-order valence-electron chi connectivity index (χ4n) is 1.70. The number of hydrogen-bond acceptors (Lipinski definition) is 3. The number of carbonyl (C=O) groups is 1. The lowest BCUT2D eigenvalue weighted by atomic mass is 10.1. The molecule has 1 unspecified atom stereocenters. The molecule has 0 saturated carbocycles. The van der Waals surface area contributed by atoms with Crippen molar-refractivity contribution in [1.82, 2.24) is 5.32 Å². The average molecular weight is 279 g/mol. The molecular weight excluding hydrogens is 265 g/mol. The van der Waals surface area contributed by atoms with Crippen LogP contribution in [0.1, 0.15) is 28.2 Å². The van der Waals surface area contributed by atoms with E-state index in [2.05, 4.69) is 5.32 Å². The highest BCUT2D eigenvalue weighted by Crippen LogP contribution is 2.20. The van der Waals surface area contributed by atoms with E-state index in [4.69, 9.17) is 4.74 Å². The predicted molar refractivity (Wildman–Crippen MR) is 73.2 cm³/mol. The summed E-state index contributed by atoms with van der Waals surface area (Å²) in [6.45, 7) is 1.89. The first-order valence-electron chi connectivity index (χ1n) is 5.79. The summed E-state index contributed by atoms with van der Waals surface area (Å²) in [5, 5.41) is 4.78. The Bertz CT molecular complexity index is 569. The van der Waals surface area contributed by atoms with Crippen LogP contribution in [0.3, 0.4) is 0 Å². The number of hydrogen-bond donors (Lipinski definition) is 1. The van der Waals surface area contributed by atoms with E-state index in [0.717, 1.165) is 4.88 Å². The quantitative estimate of drug-likeness (QED) is 0.931. The van der Waals surface area contributed by atoms with Crippen LogP contribution in [0, 0.1) is 5.82 Å². The van der Waals surface area contributed by atoms with Crippen molar-refractivity contribution in [2.75, 3.05) is 7.11 Å². The monoisotopic (exact) mass is 279 g/mol. The molecule has 3 nitrogen and oxygen atoms in total. The van der Waals surface area contributed by atoms with Gasteiger partial charge in [0.25, 0.3) is 5.91 Å². The van der Waals surface area contributed by atoms with Crippen LogP contribution in [0.4, 0.5) is 4.39 Å². The van der Waals surface area contributed by atoms with E-state index in [1.165, 1.54) is 19.2 Å². The van der Waals surface area contributed by atoms with Gasteiger partial charge in [0.05, 0.1) is 13.2 Å². The summed E-state index contributed by atoms with van der Waals surface area (Å²) >= 11 is 1.57. The number of methoxy groups -OCH3 is 1. The lowest BCUT2D eigenvalue weighted by Gasteiger charge is -2.12. The Morgan fingerprint density at radius 1 is 1.42 bits per heavy atom. The van der Waals surface area contributed by atoms with Gasteiger partial charge in [0.1, 0.15) is 0 Å². The Hall–Kier alpha value is -1.88. The molecule has 1 aromatic heterocycles. The number of thiophene rings is 1. The fourth-order valence-corrected chi connectivity index (χ4v) is 2.43. The molecule has 1 N–H and O–H groups in total. The summed E-state index contributed by atoms with van der Waals surface area (Å²) in [7, 11) is 1.39. The maximum absolute atomic E-state index is 13.5. The first-order valence-corrected chi connectivity index (χ1v) is 6.67. The Kier molecular flexibility index (Phi) is 4.16. The van der Waals surface area contributed by atoms with Gasteiger partial charge in [0.15, 0.2) is 11.6 Å². The van der Waals surface area contributed by atoms with Gasteiger partial charge in [-0.1, -0.05) is 6.07 Å². The van der Waals surface area contributed by atoms with Crippen LogP contribution in [0.2, 0.25) is 0 Å². The van der Waals surface area contributed by atoms with Crippen molar-refractivity contribution >= 4 is 17.2 Å². The molecule has 2 aromatic rings. The highest BCUT2D eigenvalue weighted by atomic mass is 32.1. The second kappa shape index (κ2) is 5.84. The van der Waals surface area contributed by atoms with Crippen molar-refractivity contribution in [2.45, 2.75) is 13.0 Å². The van der Waals surface area contributed by atoms with Gasteiger partial charge in [-0.25, -0.2) is 4.39 Å². The van der Waals surface area contributed by atoms with Gasteiger partial charge in [0.2, 0.25) is 0 Å². The molecule has 1 heterocycles. The minimum absolute atomic E-state index is 0.0994. The van der Waals surface area contributed by atoms with Crippen molar-refractivity contribution in [2.24, 2.45) is 0 Å². The summed E-state index contributed by atoms with van der Waals surface area (Å²) in [4.78, 5) is 13.0. The van der Waals surface area contributed by atoms with Crippen molar-refractivity contribution < 1.29 is 13.9 Å². The maximum Gasteiger partial charge on any atom is 0.251 e. The van der Waals surface area contributed by atoms with Gasteiger partial charge >= 0.3 is 0 Å². The Morgan fingerprint density at radius 3 is 2.79 bits per heavy atom. The molecule has 0 aliphatic carbocycles. The van der Waals surface area contributed by atoms with E-state index in [1.54, 1.807) is 17.4 Å². The van der Waals surface area contributed by atoms with E-state index < -0.39 is 5.82 Å². The second-order valence-electron chi connectivity index (χ2n) is 4.06. The number of carbonyl (C=O) groups excluding carboxylic acids is 1. The summed E-state index contributed by atoms with van der Waals surface area (Å²) in [6, 6.07) is 7.94. The molecular formula is C14H14FNO2S. The van der Waals surface area contributed by atoms with Crippen LogP contribution in [0.15, 0.2) is 35.7 Å². The van der Waals surface area contributed by atoms with Gasteiger partial charge < -0.3 is 10.1 Å². The Balaban J connectivity index is 2.10. The molecule has 0 aliphatic heterocycles. The van der Waals surface area contributed by atoms with E-state index in [0.29, 0.717) is 0 Å². The number of amides is 1. The lowest BCUT2D eigenvalue weighted by Crippen LogP contribution is -2.26. The van der Waals surface area contributed by atoms with Crippen LogP contribution >= 0.6 is 11.3 Å². The van der Waals surface area contributed by atoms with Crippen LogP contribution in [0.25, 0.3) is 0 Å². The maximum atomic E-state index is 13.5. The molecule has 2 rings (SSSR count). The molecule has 100 valence electrons. The number of ether oxygens (including phenoxy) is 1. The Labute approximate surface area is 115 Å². The average Bonchev–Trinajstić information content (AvgIpc) is 2.92. The second-order valence-corrected chi connectivity index (χ2v) is 5.04. The molecule has 1 aromatic carbocycles. The molecule has 0 radical (unpaired) electrons. The topological polar surface area (TPSA) is 38.3 Å². The van der Waals surface area contributed by atoms with Gasteiger partial charge in [-0.3, -0.25) is 4.79 Å². The van der Waals surface area contributed by atoms with Crippen molar-refractivity contribution in [3.63, 3.8) is 0 Å². The number of halogens is 1. The van der Waals surface area contributed by atoms with Gasteiger partial charge in [-0.15, -0.1) is 11.3 Å². The molecule has 0 fully saturated rings. The third-order valence-corrected chi connectivity index (χ3v) is 3.79. The van der Waals surface area contributed by atoms with Gasteiger partial charge in [-0.2, -0.15) is 0 Å². The Morgan fingerprint density at radius 2 is 2.21 bits per heavy atom. The standard InChI is InChI=1S/C14H14FNO2S/c1-9(13-4-3-7-19-13)16-14(17)10-5-6-12(18-2)11(15)8-10/h3-9H,1-2H3,(H,16,17). The smallest absolute Gasteiger partial charge is 0.251 e. The molecule has 0 aliphatic rings. The number of benzene rings is 1. The first kappa shape index (κ1) is 13.5. The SMILES string of the molecule is COc1ccc(C(=O)NC(C)c2cccs2)cc1F. The number of rotatable bonds is 4. The third-order valence-electron chi connectivity index (χ3n) is 2.73. The molecule has 0 spiro atoms. The highest BCUT2D eigenvalue weighted by Gasteiger charge is 2.14. The molecule has 0 saturated heterocycles. The van der Waals surface area contributed by atoms with E-state index in [9.17, 15) is 9.18 Å². The molecule has 19 heavy (non-hydrogen) atoms. The van der Waals surface area contributed by atoms with Crippen LogP contribution in [-0.2, 0) is 0 Å². The van der Waals surface area contributed by atoms with E-state index in [-0.39, 0.29) is 23.3 Å². The first-order chi connectivity index (χ1) is 9.11. The summed E-state index contributed by atoms with van der Waals surface area (Å²) in [5.41, 5.74) is 0.279. The zero-order chi connectivity index (χ0) is 13.8. The van der Waals surface area contributed by atoms with Crippen molar-refractivity contribution in [3.05, 3.63) is 52.0 Å². The van der Waals surface area contributed by atoms with Crippen molar-refractivity contribution in [1.29, 1.82) is 0 Å². The predicted octanol–water partition coefficient (Wildman–Crippen LogP) is 3.39. The minimum Gasteiger partial charge on any atom is -0.494 e. The van der Waals surface area contributed by atoms with Gasteiger partial charge in [0, 0.05) is 10.4 Å². The van der Waals surface area contributed by atoms with Crippen LogP contribution in [-0.4, -0.2) is 13.0 Å². The summed E-state index contributed by atoms with van der Waals surface area (Å²) in [5.74, 6) is -0.718. The van der Waals surface area contributed by atoms with Crippen LogP contribution < -0.4 is 10.1 Å².